The third kappa shape index (κ3) is 5.51. The fraction of sp³-hybridized carbons (Fsp3) is 0.550. The molecular weight excluding hydrogens is 458 g/mol. The van der Waals surface area contributed by atoms with Gasteiger partial charge >= 0.3 is 12.4 Å². The van der Waals surface area contributed by atoms with Crippen molar-refractivity contribution in [1.29, 1.82) is 0 Å². The van der Waals surface area contributed by atoms with Crippen LogP contribution in [0.5, 0.6) is 0 Å². The summed E-state index contributed by atoms with van der Waals surface area (Å²) in [4.78, 5) is 21.5. The summed E-state index contributed by atoms with van der Waals surface area (Å²) < 4.78 is 80.2. The molecule has 0 atom stereocenters. The Kier molecular flexibility index (Phi) is 6.22. The molecule has 2 aromatic rings. The van der Waals surface area contributed by atoms with E-state index in [1.54, 1.807) is 20.8 Å². The lowest BCUT2D eigenvalue weighted by molar-refractivity contribution is -0.140. The third-order valence-corrected chi connectivity index (χ3v) is 5.85. The van der Waals surface area contributed by atoms with Gasteiger partial charge in [0.05, 0.1) is 17.9 Å². The Labute approximate surface area is 184 Å². The number of aromatic nitrogens is 2. The summed E-state index contributed by atoms with van der Waals surface area (Å²) in [7, 11) is 0. The number of carbonyl (C=O) groups is 1. The number of amides is 1. The van der Waals surface area contributed by atoms with Gasteiger partial charge in [-0.3, -0.25) is 4.79 Å². The molecule has 176 valence electrons. The van der Waals surface area contributed by atoms with Gasteiger partial charge in [-0.15, -0.1) is 11.3 Å². The van der Waals surface area contributed by atoms with E-state index < -0.39 is 40.1 Å². The molecular formula is C20H22F6N4OS. The van der Waals surface area contributed by atoms with Gasteiger partial charge in [0.15, 0.2) is 10.7 Å². The molecule has 5 nitrogen and oxygen atoms in total. The average Bonchev–Trinajstić information content (AvgIpc) is 3.04. The Balaban J connectivity index is 1.93. The van der Waals surface area contributed by atoms with E-state index in [0.29, 0.717) is 21.9 Å². The normalized spacial score (nSPS) is 15.0. The van der Waals surface area contributed by atoms with Crippen LogP contribution >= 0.6 is 11.3 Å². The van der Waals surface area contributed by atoms with Gasteiger partial charge in [-0.05, 0) is 24.0 Å². The van der Waals surface area contributed by atoms with Gasteiger partial charge in [0.2, 0.25) is 5.91 Å². The second-order valence-corrected chi connectivity index (χ2v) is 9.95. The van der Waals surface area contributed by atoms with Crippen molar-refractivity contribution < 1.29 is 31.1 Å². The second kappa shape index (κ2) is 8.20. The predicted octanol–water partition coefficient (Wildman–Crippen LogP) is 5.82. The van der Waals surface area contributed by atoms with Gasteiger partial charge in [-0.25, -0.2) is 9.97 Å². The number of hydrogen-bond acceptors (Lipinski definition) is 5. The SMILES string of the molecule is Cc1cc(N2CCc3nc(C(F)(F)F)sc3C2)nc(C(F)(F)F)c1NC(=O)CC(C)(C)C. The summed E-state index contributed by atoms with van der Waals surface area (Å²) in [5.74, 6) is -0.580. The molecule has 0 aliphatic carbocycles. The number of pyridine rings is 1. The lowest BCUT2D eigenvalue weighted by Crippen LogP contribution is -2.31. The van der Waals surface area contributed by atoms with Crippen molar-refractivity contribution in [3.8, 4) is 0 Å². The lowest BCUT2D eigenvalue weighted by atomic mass is 9.92. The highest BCUT2D eigenvalue weighted by Crippen LogP contribution is 2.40. The molecule has 3 rings (SSSR count). The van der Waals surface area contributed by atoms with Gasteiger partial charge in [0.1, 0.15) is 5.82 Å². The van der Waals surface area contributed by atoms with Crippen LogP contribution < -0.4 is 10.2 Å². The molecule has 1 aliphatic rings. The monoisotopic (exact) mass is 480 g/mol. The number of alkyl halides is 6. The second-order valence-electron chi connectivity index (χ2n) is 8.86. The van der Waals surface area contributed by atoms with Crippen LogP contribution in [0.1, 0.15) is 54.0 Å². The zero-order valence-corrected chi connectivity index (χ0v) is 18.6. The molecule has 32 heavy (non-hydrogen) atoms. The highest BCUT2D eigenvalue weighted by Gasteiger charge is 2.39. The third-order valence-electron chi connectivity index (χ3n) is 4.72. The predicted molar refractivity (Wildman–Crippen MR) is 109 cm³/mol. The maximum atomic E-state index is 13.8. The van der Waals surface area contributed by atoms with Crippen LogP contribution in [0, 0.1) is 12.3 Å². The van der Waals surface area contributed by atoms with E-state index in [0.717, 1.165) is 0 Å². The van der Waals surface area contributed by atoms with Crippen LogP contribution in [0.2, 0.25) is 0 Å². The van der Waals surface area contributed by atoms with Crippen molar-refractivity contribution in [2.75, 3.05) is 16.8 Å². The van der Waals surface area contributed by atoms with Crippen molar-refractivity contribution in [2.24, 2.45) is 5.41 Å². The summed E-state index contributed by atoms with van der Waals surface area (Å²) in [5.41, 5.74) is -1.60. The standard InChI is InChI=1S/C20H22F6N4OS/c1-10-7-13(30-6-5-11-12(9-30)32-17(27-11)20(24,25)26)28-16(19(21,22)23)15(10)29-14(31)8-18(2,3)4/h7H,5-6,8-9H2,1-4H3,(H,29,31). The van der Waals surface area contributed by atoms with E-state index in [9.17, 15) is 31.1 Å². The summed E-state index contributed by atoms with van der Waals surface area (Å²) in [5, 5.41) is 1.36. The number of rotatable bonds is 3. The number of hydrogen-bond donors (Lipinski definition) is 1. The minimum atomic E-state index is -4.83. The van der Waals surface area contributed by atoms with Crippen LogP contribution in [0.4, 0.5) is 37.8 Å². The van der Waals surface area contributed by atoms with Crippen molar-refractivity contribution in [3.05, 3.63) is 32.9 Å². The molecule has 1 amide bonds. The van der Waals surface area contributed by atoms with Crippen LogP contribution in [0.25, 0.3) is 0 Å². The van der Waals surface area contributed by atoms with E-state index in [4.69, 9.17) is 0 Å². The minimum absolute atomic E-state index is 0.0174. The van der Waals surface area contributed by atoms with Crippen LogP contribution in [0.15, 0.2) is 6.07 Å². The molecule has 0 spiro atoms. The quantitative estimate of drug-likeness (QED) is 0.563. The number of carbonyl (C=O) groups excluding carboxylic acids is 1. The van der Waals surface area contributed by atoms with Gasteiger partial charge in [0, 0.05) is 24.3 Å². The topological polar surface area (TPSA) is 58.1 Å². The molecule has 0 bridgehead atoms. The molecule has 1 aliphatic heterocycles. The molecule has 0 aromatic carbocycles. The summed E-state index contributed by atoms with van der Waals surface area (Å²) in [6, 6.07) is 1.40. The zero-order valence-electron chi connectivity index (χ0n) is 17.8. The average molecular weight is 480 g/mol. The fourth-order valence-electron chi connectivity index (χ4n) is 3.36. The van der Waals surface area contributed by atoms with Gasteiger partial charge in [0.25, 0.3) is 0 Å². The first-order valence-electron chi connectivity index (χ1n) is 9.74. The van der Waals surface area contributed by atoms with Crippen LogP contribution in [0.3, 0.4) is 0 Å². The first kappa shape index (κ1) is 24.3. The highest BCUT2D eigenvalue weighted by atomic mass is 32.1. The first-order chi connectivity index (χ1) is 14.5. The van der Waals surface area contributed by atoms with E-state index in [1.807, 2.05) is 0 Å². The van der Waals surface area contributed by atoms with E-state index in [-0.39, 0.29) is 37.3 Å². The van der Waals surface area contributed by atoms with Crippen LogP contribution in [-0.4, -0.2) is 22.4 Å². The van der Waals surface area contributed by atoms with Gasteiger partial charge in [-0.2, -0.15) is 26.3 Å². The molecule has 0 saturated carbocycles. The molecule has 1 N–H and O–H groups in total. The number of nitrogens with zero attached hydrogens (tertiary/aromatic N) is 3. The Bertz CT molecular complexity index is 1020. The molecule has 0 fully saturated rings. The zero-order chi connectivity index (χ0) is 24.1. The molecule has 3 heterocycles. The maximum Gasteiger partial charge on any atom is 0.443 e. The Morgan fingerprint density at radius 2 is 1.78 bits per heavy atom. The molecule has 12 heteroatoms. The lowest BCUT2D eigenvalue weighted by Gasteiger charge is -2.29. The smallest absolute Gasteiger partial charge is 0.351 e. The van der Waals surface area contributed by atoms with Crippen molar-refractivity contribution in [1.82, 2.24) is 9.97 Å². The van der Waals surface area contributed by atoms with Crippen molar-refractivity contribution >= 4 is 28.7 Å². The van der Waals surface area contributed by atoms with Gasteiger partial charge in [-0.1, -0.05) is 20.8 Å². The summed E-state index contributed by atoms with van der Waals surface area (Å²) in [6.45, 7) is 6.95. The first-order valence-corrected chi connectivity index (χ1v) is 10.6. The van der Waals surface area contributed by atoms with E-state index in [1.165, 1.54) is 17.9 Å². The Morgan fingerprint density at radius 1 is 1.12 bits per heavy atom. The van der Waals surface area contributed by atoms with Gasteiger partial charge < -0.3 is 10.2 Å². The van der Waals surface area contributed by atoms with Crippen molar-refractivity contribution in [3.63, 3.8) is 0 Å². The maximum absolute atomic E-state index is 13.8. The largest absolute Gasteiger partial charge is 0.443 e. The number of aryl methyl sites for hydroxylation is 1. The summed E-state index contributed by atoms with van der Waals surface area (Å²) >= 11 is 0.487. The molecule has 2 aromatic heterocycles. The number of anilines is 2. The number of thiazole rings is 1. The molecule has 0 unspecified atom stereocenters. The number of halogens is 6. The number of nitrogens with one attached hydrogen (secondary N) is 1. The van der Waals surface area contributed by atoms with Crippen molar-refractivity contribution in [2.45, 2.75) is 59.4 Å². The van der Waals surface area contributed by atoms with E-state index in [2.05, 4.69) is 15.3 Å². The number of fused-ring (bicyclic) bond motifs is 1. The highest BCUT2D eigenvalue weighted by molar-refractivity contribution is 7.11. The van der Waals surface area contributed by atoms with Crippen LogP contribution in [-0.2, 0) is 30.1 Å². The van der Waals surface area contributed by atoms with E-state index >= 15 is 0 Å². The Hall–Kier alpha value is -2.37. The Morgan fingerprint density at radius 3 is 2.34 bits per heavy atom. The molecule has 0 radical (unpaired) electrons. The minimum Gasteiger partial charge on any atom is -0.351 e. The summed E-state index contributed by atoms with van der Waals surface area (Å²) in [6.07, 6.45) is -9.22. The fourth-order valence-corrected chi connectivity index (χ4v) is 4.35. The molecule has 0 saturated heterocycles.